The van der Waals surface area contributed by atoms with Gasteiger partial charge in [-0.3, -0.25) is 0 Å². The molecule has 10 heavy (non-hydrogen) atoms. The summed E-state index contributed by atoms with van der Waals surface area (Å²) in [6, 6.07) is 0. The molecular weight excluding hydrogens is 128 g/mol. The van der Waals surface area contributed by atoms with E-state index in [1.165, 1.54) is 0 Å². The second-order valence-electron chi connectivity index (χ2n) is 1.50. The molecule has 0 unspecified atom stereocenters. The number of carbonyl (C=O) groups excluding carboxylic acids is 1. The smallest absolute Gasteiger partial charge is 0.330 e. The van der Waals surface area contributed by atoms with Crippen LogP contribution in [0.3, 0.4) is 0 Å². The van der Waals surface area contributed by atoms with Crippen molar-refractivity contribution in [1.29, 1.82) is 0 Å². The molecule has 54 valence electrons. The lowest BCUT2D eigenvalue weighted by molar-refractivity contribution is -0.136. The molecule has 0 rings (SSSR count). The first-order valence-corrected chi connectivity index (χ1v) is 2.88. The van der Waals surface area contributed by atoms with E-state index in [0.717, 1.165) is 6.08 Å². The van der Waals surface area contributed by atoms with Gasteiger partial charge in [-0.05, 0) is 6.08 Å². The van der Waals surface area contributed by atoms with E-state index >= 15 is 0 Å². The highest BCUT2D eigenvalue weighted by molar-refractivity contribution is 5.81. The molecule has 0 aromatic rings. The molecule has 0 aliphatic carbocycles. The lowest BCUT2D eigenvalue weighted by Gasteiger charge is -1.93. The number of hydrogen-bond donors (Lipinski definition) is 0. The minimum atomic E-state index is -0.409. The highest BCUT2D eigenvalue weighted by Crippen LogP contribution is 1.80. The Morgan fingerprint density at radius 2 is 2.20 bits per heavy atom. The van der Waals surface area contributed by atoms with E-state index in [9.17, 15) is 4.79 Å². The van der Waals surface area contributed by atoms with E-state index < -0.39 is 5.97 Å². The van der Waals surface area contributed by atoms with E-state index in [1.54, 1.807) is 18.2 Å². The number of allylic oxidation sites excluding steroid dienone is 2. The Labute approximate surface area is 60.5 Å². The molecule has 0 saturated heterocycles. The van der Waals surface area contributed by atoms with Gasteiger partial charge in [0.1, 0.15) is 6.61 Å². The summed E-state index contributed by atoms with van der Waals surface area (Å²) in [5, 5.41) is 0. The van der Waals surface area contributed by atoms with Crippen molar-refractivity contribution in [3.63, 3.8) is 0 Å². The van der Waals surface area contributed by atoms with Crippen molar-refractivity contribution in [3.8, 4) is 0 Å². The summed E-state index contributed by atoms with van der Waals surface area (Å²) < 4.78 is 4.60. The molecule has 0 N–H and O–H groups in total. The molecule has 0 heterocycles. The van der Waals surface area contributed by atoms with E-state index in [2.05, 4.69) is 17.9 Å². The van der Waals surface area contributed by atoms with Crippen molar-refractivity contribution in [2.24, 2.45) is 0 Å². The van der Waals surface area contributed by atoms with Gasteiger partial charge in [0.2, 0.25) is 0 Å². The average Bonchev–Trinajstić information content (AvgIpc) is 1.98. The topological polar surface area (TPSA) is 26.3 Å². The van der Waals surface area contributed by atoms with Gasteiger partial charge in [0.15, 0.2) is 0 Å². The molecule has 0 fully saturated rings. The van der Waals surface area contributed by atoms with Crippen LogP contribution in [-0.4, -0.2) is 12.6 Å². The SMILES string of the molecule is C=CC=CCOC(=O)C=C. The summed E-state index contributed by atoms with van der Waals surface area (Å²) in [4.78, 5) is 10.4. The number of ether oxygens (including phenoxy) is 1. The van der Waals surface area contributed by atoms with Crippen LogP contribution in [0.25, 0.3) is 0 Å². The van der Waals surface area contributed by atoms with E-state index in [-0.39, 0.29) is 6.61 Å². The third-order valence-electron chi connectivity index (χ3n) is 0.761. The van der Waals surface area contributed by atoms with Gasteiger partial charge in [-0.2, -0.15) is 0 Å². The molecule has 0 amide bonds. The molecular formula is C8H10O2. The molecule has 0 atom stereocenters. The molecule has 0 spiro atoms. The Balaban J connectivity index is 3.36. The maximum Gasteiger partial charge on any atom is 0.330 e. The van der Waals surface area contributed by atoms with Gasteiger partial charge in [-0.1, -0.05) is 25.3 Å². The van der Waals surface area contributed by atoms with Gasteiger partial charge >= 0.3 is 5.97 Å². The third kappa shape index (κ3) is 4.84. The highest BCUT2D eigenvalue weighted by Gasteiger charge is 1.88. The van der Waals surface area contributed by atoms with Crippen molar-refractivity contribution in [1.82, 2.24) is 0 Å². The summed E-state index contributed by atoms with van der Waals surface area (Å²) in [5.74, 6) is -0.409. The lowest BCUT2D eigenvalue weighted by Crippen LogP contribution is -1.98. The summed E-state index contributed by atoms with van der Waals surface area (Å²) in [7, 11) is 0. The molecule has 0 radical (unpaired) electrons. The monoisotopic (exact) mass is 138 g/mol. The Morgan fingerprint density at radius 1 is 1.50 bits per heavy atom. The van der Waals surface area contributed by atoms with Gasteiger partial charge in [0, 0.05) is 6.08 Å². The largest absolute Gasteiger partial charge is 0.458 e. The molecule has 0 saturated carbocycles. The molecule has 2 heteroatoms. The Bertz CT molecular complexity index is 157. The van der Waals surface area contributed by atoms with E-state index in [0.29, 0.717) is 0 Å². The van der Waals surface area contributed by atoms with Gasteiger partial charge in [0.25, 0.3) is 0 Å². The van der Waals surface area contributed by atoms with Crippen LogP contribution in [0, 0.1) is 0 Å². The summed E-state index contributed by atoms with van der Waals surface area (Å²) >= 11 is 0. The fraction of sp³-hybridized carbons (Fsp3) is 0.125. The highest BCUT2D eigenvalue weighted by atomic mass is 16.5. The first-order chi connectivity index (χ1) is 4.81. The second kappa shape index (κ2) is 5.82. The Morgan fingerprint density at radius 3 is 2.70 bits per heavy atom. The standard InChI is InChI=1S/C8H10O2/c1-3-5-6-7-10-8(9)4-2/h3-6H,1-2,7H2. The van der Waals surface area contributed by atoms with Crippen molar-refractivity contribution in [2.75, 3.05) is 6.61 Å². The zero-order chi connectivity index (χ0) is 7.82. The van der Waals surface area contributed by atoms with Gasteiger partial charge < -0.3 is 4.74 Å². The van der Waals surface area contributed by atoms with Crippen molar-refractivity contribution in [3.05, 3.63) is 37.5 Å². The zero-order valence-corrected chi connectivity index (χ0v) is 5.75. The van der Waals surface area contributed by atoms with Crippen LogP contribution >= 0.6 is 0 Å². The molecule has 0 aromatic heterocycles. The van der Waals surface area contributed by atoms with Crippen LogP contribution in [0.15, 0.2) is 37.5 Å². The van der Waals surface area contributed by atoms with Crippen LogP contribution in [0.4, 0.5) is 0 Å². The minimum Gasteiger partial charge on any atom is -0.458 e. The predicted molar refractivity (Wildman–Crippen MR) is 40.5 cm³/mol. The Hall–Kier alpha value is -1.31. The molecule has 2 nitrogen and oxygen atoms in total. The number of esters is 1. The summed E-state index contributed by atoms with van der Waals surface area (Å²) in [5.41, 5.74) is 0. The second-order valence-corrected chi connectivity index (χ2v) is 1.50. The number of carbonyl (C=O) groups is 1. The third-order valence-corrected chi connectivity index (χ3v) is 0.761. The normalized spacial score (nSPS) is 9.20. The first kappa shape index (κ1) is 8.69. The quantitative estimate of drug-likeness (QED) is 0.334. The lowest BCUT2D eigenvalue weighted by atomic mass is 10.5. The van der Waals surface area contributed by atoms with Crippen LogP contribution < -0.4 is 0 Å². The molecule has 0 aromatic carbocycles. The molecule has 0 bridgehead atoms. The van der Waals surface area contributed by atoms with Gasteiger partial charge in [0.05, 0.1) is 0 Å². The van der Waals surface area contributed by atoms with Crippen LogP contribution in [0.2, 0.25) is 0 Å². The van der Waals surface area contributed by atoms with Gasteiger partial charge in [-0.25, -0.2) is 4.79 Å². The number of hydrogen-bond acceptors (Lipinski definition) is 2. The maximum absolute atomic E-state index is 10.4. The van der Waals surface area contributed by atoms with Crippen LogP contribution in [0.1, 0.15) is 0 Å². The summed E-state index contributed by atoms with van der Waals surface area (Å²) in [6.07, 6.45) is 6.13. The minimum absolute atomic E-state index is 0.275. The van der Waals surface area contributed by atoms with E-state index in [4.69, 9.17) is 0 Å². The molecule has 0 aliphatic rings. The van der Waals surface area contributed by atoms with Crippen molar-refractivity contribution < 1.29 is 9.53 Å². The fourth-order valence-electron chi connectivity index (χ4n) is 0.341. The summed E-state index contributed by atoms with van der Waals surface area (Å²) in [6.45, 7) is 6.97. The number of rotatable bonds is 4. The van der Waals surface area contributed by atoms with Crippen LogP contribution in [0.5, 0.6) is 0 Å². The maximum atomic E-state index is 10.4. The fourth-order valence-corrected chi connectivity index (χ4v) is 0.341. The van der Waals surface area contributed by atoms with Crippen LogP contribution in [-0.2, 0) is 9.53 Å². The molecule has 0 aliphatic heterocycles. The van der Waals surface area contributed by atoms with Crippen molar-refractivity contribution in [2.45, 2.75) is 0 Å². The average molecular weight is 138 g/mol. The van der Waals surface area contributed by atoms with E-state index in [1.807, 2.05) is 0 Å². The van der Waals surface area contributed by atoms with Crippen molar-refractivity contribution >= 4 is 5.97 Å². The predicted octanol–water partition coefficient (Wildman–Crippen LogP) is 1.46. The van der Waals surface area contributed by atoms with Gasteiger partial charge in [-0.15, -0.1) is 0 Å². The first-order valence-electron chi connectivity index (χ1n) is 2.88. The Kier molecular flexibility index (Phi) is 5.06. The zero-order valence-electron chi connectivity index (χ0n) is 5.75.